The van der Waals surface area contributed by atoms with Crippen LogP contribution in [0.3, 0.4) is 0 Å². The van der Waals surface area contributed by atoms with Gasteiger partial charge in [-0.3, -0.25) is 9.69 Å². The number of nitriles is 1. The molecule has 1 saturated heterocycles. The van der Waals surface area contributed by atoms with Crippen LogP contribution in [0.15, 0.2) is 54.6 Å². The Hall–Kier alpha value is -3.04. The SMILES string of the molecule is CC(Oc1cccc(C#N)c1)C(=O)N1CCN(CCOc2ccccc2)CC1. The summed E-state index contributed by atoms with van der Waals surface area (Å²) in [5.41, 5.74) is 0.517. The summed E-state index contributed by atoms with van der Waals surface area (Å²) >= 11 is 0. The average Bonchev–Trinajstić information content (AvgIpc) is 2.74. The van der Waals surface area contributed by atoms with Gasteiger partial charge in [-0.1, -0.05) is 24.3 Å². The van der Waals surface area contributed by atoms with Crippen molar-refractivity contribution >= 4 is 5.91 Å². The monoisotopic (exact) mass is 379 g/mol. The summed E-state index contributed by atoms with van der Waals surface area (Å²) in [6, 6.07) is 18.7. The van der Waals surface area contributed by atoms with Gasteiger partial charge in [0.05, 0.1) is 11.6 Å². The van der Waals surface area contributed by atoms with Gasteiger partial charge in [-0.2, -0.15) is 5.26 Å². The van der Waals surface area contributed by atoms with Crippen LogP contribution in [0.1, 0.15) is 12.5 Å². The molecular weight excluding hydrogens is 354 g/mol. The molecule has 0 N–H and O–H groups in total. The quantitative estimate of drug-likeness (QED) is 0.740. The average molecular weight is 379 g/mol. The van der Waals surface area contributed by atoms with Gasteiger partial charge in [0.1, 0.15) is 18.1 Å². The number of hydrogen-bond acceptors (Lipinski definition) is 5. The van der Waals surface area contributed by atoms with Crippen molar-refractivity contribution < 1.29 is 14.3 Å². The van der Waals surface area contributed by atoms with Gasteiger partial charge in [0.2, 0.25) is 0 Å². The number of ether oxygens (including phenoxy) is 2. The van der Waals surface area contributed by atoms with E-state index in [0.29, 0.717) is 31.0 Å². The Morgan fingerprint density at radius 3 is 2.50 bits per heavy atom. The second kappa shape index (κ2) is 9.77. The van der Waals surface area contributed by atoms with Gasteiger partial charge in [-0.15, -0.1) is 0 Å². The maximum absolute atomic E-state index is 12.7. The summed E-state index contributed by atoms with van der Waals surface area (Å²) in [4.78, 5) is 16.8. The summed E-state index contributed by atoms with van der Waals surface area (Å²) in [6.07, 6.45) is -0.582. The number of hydrogen-bond donors (Lipinski definition) is 0. The van der Waals surface area contributed by atoms with Crippen LogP contribution in [0, 0.1) is 11.3 Å². The van der Waals surface area contributed by atoms with Crippen LogP contribution >= 0.6 is 0 Å². The number of rotatable bonds is 7. The van der Waals surface area contributed by atoms with Gasteiger partial charge >= 0.3 is 0 Å². The molecule has 1 unspecified atom stereocenters. The minimum Gasteiger partial charge on any atom is -0.492 e. The maximum Gasteiger partial charge on any atom is 0.263 e. The molecule has 6 nitrogen and oxygen atoms in total. The highest BCUT2D eigenvalue weighted by molar-refractivity contribution is 5.81. The first-order valence-corrected chi connectivity index (χ1v) is 9.51. The predicted molar refractivity (Wildman–Crippen MR) is 106 cm³/mol. The molecule has 0 aromatic heterocycles. The topological polar surface area (TPSA) is 65.8 Å². The minimum atomic E-state index is -0.582. The fraction of sp³-hybridized carbons (Fsp3) is 0.364. The van der Waals surface area contributed by atoms with Crippen LogP contribution in [-0.4, -0.2) is 61.1 Å². The molecule has 1 heterocycles. The van der Waals surface area contributed by atoms with Gasteiger partial charge in [-0.05, 0) is 37.3 Å². The van der Waals surface area contributed by atoms with E-state index in [9.17, 15) is 4.79 Å². The molecule has 1 aliphatic rings. The zero-order chi connectivity index (χ0) is 19.8. The van der Waals surface area contributed by atoms with Crippen molar-refractivity contribution in [1.29, 1.82) is 5.26 Å². The smallest absolute Gasteiger partial charge is 0.263 e. The lowest BCUT2D eigenvalue weighted by Gasteiger charge is -2.35. The summed E-state index contributed by atoms with van der Waals surface area (Å²) in [6.45, 7) is 6.21. The van der Waals surface area contributed by atoms with Crippen LogP contribution in [0.2, 0.25) is 0 Å². The zero-order valence-electron chi connectivity index (χ0n) is 16.1. The van der Waals surface area contributed by atoms with Gasteiger partial charge < -0.3 is 14.4 Å². The summed E-state index contributed by atoms with van der Waals surface area (Å²) < 4.78 is 11.5. The molecule has 0 saturated carbocycles. The second-order valence-electron chi connectivity index (χ2n) is 6.73. The first-order chi connectivity index (χ1) is 13.7. The standard InChI is InChI=1S/C22H25N3O3/c1-18(28-21-9-5-6-19(16-21)17-23)22(26)25-12-10-24(11-13-25)14-15-27-20-7-3-2-4-8-20/h2-9,16,18H,10-15H2,1H3. The van der Waals surface area contributed by atoms with Gasteiger partial charge in [0.25, 0.3) is 5.91 Å². The molecule has 0 spiro atoms. The molecule has 28 heavy (non-hydrogen) atoms. The van der Waals surface area contributed by atoms with Crippen molar-refractivity contribution in [2.75, 3.05) is 39.3 Å². The number of para-hydroxylation sites is 1. The van der Waals surface area contributed by atoms with E-state index in [0.717, 1.165) is 25.4 Å². The highest BCUT2D eigenvalue weighted by atomic mass is 16.5. The van der Waals surface area contributed by atoms with Crippen LogP contribution in [0.4, 0.5) is 0 Å². The molecule has 0 bridgehead atoms. The number of carbonyl (C=O) groups excluding carboxylic acids is 1. The molecule has 1 fully saturated rings. The van der Waals surface area contributed by atoms with E-state index in [1.165, 1.54) is 0 Å². The third kappa shape index (κ3) is 5.48. The maximum atomic E-state index is 12.7. The number of carbonyl (C=O) groups is 1. The Kier molecular flexibility index (Phi) is 6.88. The lowest BCUT2D eigenvalue weighted by molar-refractivity contribution is -0.139. The van der Waals surface area contributed by atoms with Gasteiger partial charge in [-0.25, -0.2) is 0 Å². The fourth-order valence-corrected chi connectivity index (χ4v) is 3.15. The van der Waals surface area contributed by atoms with Crippen LogP contribution < -0.4 is 9.47 Å². The van der Waals surface area contributed by atoms with Crippen molar-refractivity contribution in [3.8, 4) is 17.6 Å². The van der Waals surface area contributed by atoms with Crippen LogP contribution in [0.25, 0.3) is 0 Å². The van der Waals surface area contributed by atoms with E-state index in [-0.39, 0.29) is 5.91 Å². The molecule has 0 aliphatic carbocycles. The van der Waals surface area contributed by atoms with Crippen molar-refractivity contribution in [3.05, 3.63) is 60.2 Å². The van der Waals surface area contributed by atoms with Gasteiger partial charge in [0.15, 0.2) is 6.10 Å². The van der Waals surface area contributed by atoms with E-state index in [4.69, 9.17) is 14.7 Å². The molecule has 2 aromatic carbocycles. The summed E-state index contributed by atoms with van der Waals surface area (Å²) in [5.74, 6) is 1.39. The molecule has 0 radical (unpaired) electrons. The Labute approximate surface area is 165 Å². The molecule has 6 heteroatoms. The third-order valence-corrected chi connectivity index (χ3v) is 4.73. The number of nitrogens with zero attached hydrogens (tertiary/aromatic N) is 3. The summed E-state index contributed by atoms with van der Waals surface area (Å²) in [7, 11) is 0. The molecule has 1 atom stereocenters. The highest BCUT2D eigenvalue weighted by Crippen LogP contribution is 2.16. The number of amides is 1. The Morgan fingerprint density at radius 2 is 1.79 bits per heavy atom. The Bertz CT molecular complexity index is 811. The zero-order valence-corrected chi connectivity index (χ0v) is 16.1. The molecule has 1 amide bonds. The first-order valence-electron chi connectivity index (χ1n) is 9.51. The Balaban J connectivity index is 1.41. The second-order valence-corrected chi connectivity index (χ2v) is 6.73. The normalized spacial score (nSPS) is 15.5. The van der Waals surface area contributed by atoms with Crippen molar-refractivity contribution in [3.63, 3.8) is 0 Å². The molecule has 1 aliphatic heterocycles. The Morgan fingerprint density at radius 1 is 1.07 bits per heavy atom. The van der Waals surface area contributed by atoms with E-state index in [2.05, 4.69) is 11.0 Å². The summed E-state index contributed by atoms with van der Waals surface area (Å²) in [5, 5.41) is 8.97. The van der Waals surface area contributed by atoms with Crippen molar-refractivity contribution in [2.24, 2.45) is 0 Å². The van der Waals surface area contributed by atoms with Crippen LogP contribution in [-0.2, 0) is 4.79 Å². The predicted octanol–water partition coefficient (Wildman–Crippen LogP) is 2.55. The fourth-order valence-electron chi connectivity index (χ4n) is 3.15. The van der Waals surface area contributed by atoms with Crippen molar-refractivity contribution in [2.45, 2.75) is 13.0 Å². The first kappa shape index (κ1) is 19.7. The lowest BCUT2D eigenvalue weighted by atomic mass is 10.2. The number of benzene rings is 2. The van der Waals surface area contributed by atoms with E-state index in [1.807, 2.05) is 35.2 Å². The van der Waals surface area contributed by atoms with Crippen molar-refractivity contribution in [1.82, 2.24) is 9.80 Å². The minimum absolute atomic E-state index is 0.0254. The number of piperazine rings is 1. The van der Waals surface area contributed by atoms with E-state index >= 15 is 0 Å². The van der Waals surface area contributed by atoms with Gasteiger partial charge in [0, 0.05) is 32.7 Å². The molecule has 3 rings (SSSR count). The van der Waals surface area contributed by atoms with E-state index in [1.54, 1.807) is 31.2 Å². The molecule has 2 aromatic rings. The molecular formula is C22H25N3O3. The third-order valence-electron chi connectivity index (χ3n) is 4.73. The lowest BCUT2D eigenvalue weighted by Crippen LogP contribution is -2.52. The highest BCUT2D eigenvalue weighted by Gasteiger charge is 2.26. The largest absolute Gasteiger partial charge is 0.492 e. The van der Waals surface area contributed by atoms with E-state index < -0.39 is 6.10 Å². The van der Waals surface area contributed by atoms with Crippen LogP contribution in [0.5, 0.6) is 11.5 Å². The molecule has 146 valence electrons.